The molecule has 1 aromatic rings. The predicted octanol–water partition coefficient (Wildman–Crippen LogP) is 2.03. The second kappa shape index (κ2) is 4.22. The lowest BCUT2D eigenvalue weighted by Gasteiger charge is -2.22. The summed E-state index contributed by atoms with van der Waals surface area (Å²) in [4.78, 5) is 2.12. The highest BCUT2D eigenvalue weighted by Gasteiger charge is 2.28. The molecule has 0 aliphatic heterocycles. The molecular formula is C11H14ClN3O. The van der Waals surface area contributed by atoms with Gasteiger partial charge in [0.05, 0.1) is 10.6 Å². The number of hydrogen-bond acceptors (Lipinski definition) is 3. The molecule has 0 atom stereocenters. The van der Waals surface area contributed by atoms with E-state index in [1.165, 1.54) is 12.8 Å². The second-order valence-electron chi connectivity index (χ2n) is 3.96. The van der Waals surface area contributed by atoms with Crippen molar-refractivity contribution in [2.45, 2.75) is 18.9 Å². The molecule has 1 fully saturated rings. The number of nitrogens with zero attached hydrogens (tertiary/aromatic N) is 2. The van der Waals surface area contributed by atoms with Gasteiger partial charge in [-0.15, -0.1) is 0 Å². The molecular weight excluding hydrogens is 226 g/mol. The van der Waals surface area contributed by atoms with Crippen LogP contribution in [0.5, 0.6) is 0 Å². The van der Waals surface area contributed by atoms with E-state index in [9.17, 15) is 0 Å². The Bertz CT molecular complexity index is 429. The molecule has 0 saturated heterocycles. The fraction of sp³-hybridized carbons (Fsp3) is 0.364. The van der Waals surface area contributed by atoms with Gasteiger partial charge in [-0.1, -0.05) is 22.8 Å². The summed E-state index contributed by atoms with van der Waals surface area (Å²) >= 11 is 6.07. The molecule has 3 N–H and O–H groups in total. The van der Waals surface area contributed by atoms with E-state index >= 15 is 0 Å². The zero-order chi connectivity index (χ0) is 11.7. The van der Waals surface area contributed by atoms with Crippen LogP contribution in [0, 0.1) is 0 Å². The van der Waals surface area contributed by atoms with Gasteiger partial charge in [-0.25, -0.2) is 0 Å². The van der Waals surface area contributed by atoms with E-state index in [1.807, 2.05) is 19.2 Å². The van der Waals surface area contributed by atoms with Gasteiger partial charge in [0, 0.05) is 18.8 Å². The van der Waals surface area contributed by atoms with Crippen LogP contribution < -0.4 is 10.6 Å². The third-order valence-electron chi connectivity index (χ3n) is 2.83. The summed E-state index contributed by atoms with van der Waals surface area (Å²) in [5.41, 5.74) is 7.15. The Balaban J connectivity index is 2.46. The number of nitrogens with two attached hydrogens (primary N) is 1. The Kier molecular flexibility index (Phi) is 2.92. The van der Waals surface area contributed by atoms with E-state index in [2.05, 4.69) is 10.1 Å². The van der Waals surface area contributed by atoms with Gasteiger partial charge in [-0.2, -0.15) is 0 Å². The maximum Gasteiger partial charge on any atom is 0.173 e. The predicted molar refractivity (Wildman–Crippen MR) is 65.4 cm³/mol. The van der Waals surface area contributed by atoms with Gasteiger partial charge in [0.15, 0.2) is 5.84 Å². The van der Waals surface area contributed by atoms with Gasteiger partial charge < -0.3 is 15.8 Å². The molecule has 2 rings (SSSR count). The van der Waals surface area contributed by atoms with Crippen LogP contribution in [-0.2, 0) is 0 Å². The SMILES string of the molecule is CN(c1cccc(Cl)c1C(N)=NO)C1CC1. The summed E-state index contributed by atoms with van der Waals surface area (Å²) < 4.78 is 0. The molecule has 5 heteroatoms. The van der Waals surface area contributed by atoms with E-state index in [0.29, 0.717) is 16.6 Å². The largest absolute Gasteiger partial charge is 0.409 e. The van der Waals surface area contributed by atoms with Crippen LogP contribution in [0.15, 0.2) is 23.4 Å². The molecule has 1 aromatic carbocycles. The summed E-state index contributed by atoms with van der Waals surface area (Å²) in [6.45, 7) is 0. The second-order valence-corrected chi connectivity index (χ2v) is 4.37. The average molecular weight is 240 g/mol. The Hall–Kier alpha value is -1.42. The van der Waals surface area contributed by atoms with Crippen molar-refractivity contribution in [3.8, 4) is 0 Å². The molecule has 0 radical (unpaired) electrons. The lowest BCUT2D eigenvalue weighted by molar-refractivity contribution is 0.318. The van der Waals surface area contributed by atoms with Crippen LogP contribution in [0.25, 0.3) is 0 Å². The van der Waals surface area contributed by atoms with Crippen LogP contribution >= 0.6 is 11.6 Å². The van der Waals surface area contributed by atoms with Crippen molar-refractivity contribution in [1.29, 1.82) is 0 Å². The van der Waals surface area contributed by atoms with E-state index < -0.39 is 0 Å². The molecule has 0 amide bonds. The van der Waals surface area contributed by atoms with Gasteiger partial charge in [-0.05, 0) is 25.0 Å². The van der Waals surface area contributed by atoms with Gasteiger partial charge in [0.1, 0.15) is 0 Å². The molecule has 4 nitrogen and oxygen atoms in total. The van der Waals surface area contributed by atoms with Crippen LogP contribution in [0.2, 0.25) is 5.02 Å². The molecule has 1 aliphatic rings. The fourth-order valence-electron chi connectivity index (χ4n) is 1.77. The lowest BCUT2D eigenvalue weighted by Crippen LogP contribution is -2.24. The van der Waals surface area contributed by atoms with Crippen molar-refractivity contribution in [2.24, 2.45) is 10.9 Å². The molecule has 0 unspecified atom stereocenters. The Labute approximate surface area is 99.3 Å². The highest BCUT2D eigenvalue weighted by molar-refractivity contribution is 6.34. The summed E-state index contributed by atoms with van der Waals surface area (Å²) in [6, 6.07) is 6.07. The highest BCUT2D eigenvalue weighted by Crippen LogP contribution is 2.34. The molecule has 0 spiro atoms. The van der Waals surface area contributed by atoms with Crippen molar-refractivity contribution in [1.82, 2.24) is 0 Å². The minimum Gasteiger partial charge on any atom is -0.409 e. The minimum absolute atomic E-state index is 0.0492. The Morgan fingerprint density at radius 1 is 1.56 bits per heavy atom. The summed E-state index contributed by atoms with van der Waals surface area (Å²) in [6.07, 6.45) is 2.36. The van der Waals surface area contributed by atoms with Crippen LogP contribution in [0.1, 0.15) is 18.4 Å². The molecule has 0 bridgehead atoms. The molecule has 1 aliphatic carbocycles. The standard InChI is InChI=1S/C11H14ClN3O/c1-15(7-5-6-7)9-4-2-3-8(12)10(9)11(13)14-16/h2-4,7,16H,5-6H2,1H3,(H2,13,14). The minimum atomic E-state index is 0.0492. The summed E-state index contributed by atoms with van der Waals surface area (Å²) in [5.74, 6) is 0.0492. The first kappa shape index (κ1) is 11.1. The van der Waals surface area contributed by atoms with Gasteiger partial charge in [0.25, 0.3) is 0 Å². The maximum absolute atomic E-state index is 8.76. The van der Waals surface area contributed by atoms with Crippen LogP contribution in [0.3, 0.4) is 0 Å². The number of halogens is 1. The third-order valence-corrected chi connectivity index (χ3v) is 3.15. The van der Waals surface area contributed by atoms with Crippen LogP contribution in [-0.4, -0.2) is 24.1 Å². The average Bonchev–Trinajstić information content (AvgIpc) is 3.10. The summed E-state index contributed by atoms with van der Waals surface area (Å²) in [5, 5.41) is 12.3. The van der Waals surface area contributed by atoms with Gasteiger partial charge in [-0.3, -0.25) is 0 Å². The normalized spacial score (nSPS) is 16.2. The van der Waals surface area contributed by atoms with Crippen LogP contribution in [0.4, 0.5) is 5.69 Å². The smallest absolute Gasteiger partial charge is 0.173 e. The van der Waals surface area contributed by atoms with E-state index in [1.54, 1.807) is 6.07 Å². The maximum atomic E-state index is 8.76. The third kappa shape index (κ3) is 1.93. The van der Waals surface area contributed by atoms with E-state index in [0.717, 1.165) is 5.69 Å². The number of benzene rings is 1. The van der Waals surface area contributed by atoms with Crippen molar-refractivity contribution in [2.75, 3.05) is 11.9 Å². The van der Waals surface area contributed by atoms with Crippen molar-refractivity contribution < 1.29 is 5.21 Å². The van der Waals surface area contributed by atoms with Crippen molar-refractivity contribution >= 4 is 23.1 Å². The Morgan fingerprint density at radius 2 is 2.25 bits per heavy atom. The van der Waals surface area contributed by atoms with Crippen molar-refractivity contribution in [3.63, 3.8) is 0 Å². The molecule has 86 valence electrons. The Morgan fingerprint density at radius 3 is 2.81 bits per heavy atom. The monoisotopic (exact) mass is 239 g/mol. The first-order valence-electron chi connectivity index (χ1n) is 5.14. The topological polar surface area (TPSA) is 61.8 Å². The summed E-state index contributed by atoms with van der Waals surface area (Å²) in [7, 11) is 2.00. The van der Waals surface area contributed by atoms with Gasteiger partial charge in [0.2, 0.25) is 0 Å². The number of rotatable bonds is 3. The highest BCUT2D eigenvalue weighted by atomic mass is 35.5. The first-order chi connectivity index (χ1) is 7.65. The first-order valence-corrected chi connectivity index (χ1v) is 5.52. The number of oxime groups is 1. The zero-order valence-electron chi connectivity index (χ0n) is 9.02. The molecule has 0 heterocycles. The zero-order valence-corrected chi connectivity index (χ0v) is 9.78. The molecule has 0 aromatic heterocycles. The number of anilines is 1. The quantitative estimate of drug-likeness (QED) is 0.367. The fourth-order valence-corrected chi connectivity index (χ4v) is 2.04. The van der Waals surface area contributed by atoms with E-state index in [4.69, 9.17) is 22.5 Å². The lowest BCUT2D eigenvalue weighted by atomic mass is 10.1. The van der Waals surface area contributed by atoms with Crippen molar-refractivity contribution in [3.05, 3.63) is 28.8 Å². The van der Waals surface area contributed by atoms with E-state index in [-0.39, 0.29) is 5.84 Å². The van der Waals surface area contributed by atoms with Gasteiger partial charge >= 0.3 is 0 Å². The number of hydrogen-bond donors (Lipinski definition) is 2. The molecule has 1 saturated carbocycles. The molecule has 16 heavy (non-hydrogen) atoms. The number of amidine groups is 1.